The Kier molecular flexibility index (Phi) is 5.48. The van der Waals surface area contributed by atoms with Crippen molar-refractivity contribution in [1.82, 2.24) is 20.3 Å². The lowest BCUT2D eigenvalue weighted by Crippen LogP contribution is -2.40. The molecule has 0 spiro atoms. The lowest BCUT2D eigenvalue weighted by Gasteiger charge is -2.26. The number of aromatic nitrogens is 3. The minimum Gasteiger partial charge on any atom is -0.486 e. The zero-order chi connectivity index (χ0) is 24.0. The second-order valence-electron chi connectivity index (χ2n) is 7.39. The average Bonchev–Trinajstić information content (AvgIpc) is 3.23. The molecule has 4 aromatic rings. The van der Waals surface area contributed by atoms with Crippen molar-refractivity contribution in [2.45, 2.75) is 19.6 Å². The Balaban J connectivity index is 1.60. The number of nitrogens with one attached hydrogen (secondary N) is 1. The summed E-state index contributed by atoms with van der Waals surface area (Å²) in [5.74, 6) is -0.485. The molecule has 0 radical (unpaired) electrons. The van der Waals surface area contributed by atoms with E-state index in [-0.39, 0.29) is 36.0 Å². The van der Waals surface area contributed by atoms with Crippen LogP contribution >= 0.6 is 11.3 Å². The van der Waals surface area contributed by atoms with Gasteiger partial charge in [-0.2, -0.15) is 8.78 Å². The molecule has 5 rings (SSSR count). The number of thiazole rings is 1. The molecule has 1 aliphatic rings. The largest absolute Gasteiger partial charge is 0.486 e. The quantitative estimate of drug-likeness (QED) is 0.422. The minimum absolute atomic E-state index is 0.0135. The van der Waals surface area contributed by atoms with E-state index in [4.69, 9.17) is 14.6 Å². The topological polar surface area (TPSA) is 116 Å². The van der Waals surface area contributed by atoms with Gasteiger partial charge in [-0.25, -0.2) is 24.1 Å². The summed E-state index contributed by atoms with van der Waals surface area (Å²) in [4.78, 5) is 23.5. The van der Waals surface area contributed by atoms with Crippen molar-refractivity contribution in [3.63, 3.8) is 0 Å². The number of hydrogen-bond donors (Lipinski definition) is 2. The summed E-state index contributed by atoms with van der Waals surface area (Å²) in [6.07, 6.45) is -0.727. The number of hydrogen-bond acceptors (Lipinski definition) is 8. The lowest BCUT2D eigenvalue weighted by molar-refractivity contribution is -0.0528. The second kappa shape index (κ2) is 8.48. The number of amides is 1. The van der Waals surface area contributed by atoms with Crippen LogP contribution in [0.15, 0.2) is 24.4 Å². The van der Waals surface area contributed by atoms with Gasteiger partial charge in [0.1, 0.15) is 21.8 Å². The number of carbonyl (C=O) groups is 1. The number of alkyl halides is 2. The Morgan fingerprint density at radius 1 is 1.32 bits per heavy atom. The summed E-state index contributed by atoms with van der Waals surface area (Å²) in [5.41, 5.74) is 2.03. The molecule has 0 aliphatic carbocycles. The van der Waals surface area contributed by atoms with Crippen LogP contribution in [0.2, 0.25) is 0 Å². The van der Waals surface area contributed by atoms with E-state index in [1.807, 2.05) is 0 Å². The fourth-order valence-corrected chi connectivity index (χ4v) is 4.65. The molecule has 0 saturated heterocycles. The molecule has 1 unspecified atom stereocenters. The molecule has 1 amide bonds. The van der Waals surface area contributed by atoms with E-state index >= 15 is 0 Å². The van der Waals surface area contributed by atoms with Crippen LogP contribution in [0.4, 0.5) is 18.0 Å². The third-order valence-electron chi connectivity index (χ3n) is 4.94. The zero-order valence-electron chi connectivity index (χ0n) is 17.3. The number of carboxylic acid groups (broad SMARTS) is 1. The van der Waals surface area contributed by atoms with E-state index in [0.29, 0.717) is 26.3 Å². The standard InChI is InChI=1S/C21H15F3N4O5S/c1-8-2-10(15-12(3-8)27-14(6-25-15)33-20(23)24)19-28-16-11(22)4-13-17(18(16)34-19)32-9(7-31-13)5-26-21(29)30/h2-4,6,9,20,26H,5,7H2,1H3,(H,29,30). The molecule has 0 saturated carbocycles. The first-order valence-electron chi connectivity index (χ1n) is 9.90. The maximum atomic E-state index is 14.8. The first-order chi connectivity index (χ1) is 16.3. The minimum atomic E-state index is -3.04. The Labute approximate surface area is 193 Å². The molecule has 34 heavy (non-hydrogen) atoms. The summed E-state index contributed by atoms with van der Waals surface area (Å²) in [6.45, 7) is -1.21. The Hall–Kier alpha value is -3.87. The van der Waals surface area contributed by atoms with E-state index in [9.17, 15) is 18.0 Å². The predicted octanol–water partition coefficient (Wildman–Crippen LogP) is 4.36. The van der Waals surface area contributed by atoms with Crippen molar-refractivity contribution in [3.8, 4) is 28.0 Å². The molecule has 0 bridgehead atoms. The van der Waals surface area contributed by atoms with Gasteiger partial charge in [0.05, 0.1) is 23.8 Å². The van der Waals surface area contributed by atoms with E-state index in [1.165, 1.54) is 6.07 Å². The molecule has 2 N–H and O–H groups in total. The molecule has 9 nitrogen and oxygen atoms in total. The Bertz CT molecular complexity index is 1430. The molecule has 2 aromatic carbocycles. The van der Waals surface area contributed by atoms with E-state index < -0.39 is 24.6 Å². The fraction of sp³-hybridized carbons (Fsp3) is 0.238. The summed E-state index contributed by atoms with van der Waals surface area (Å²) >= 11 is 1.13. The highest BCUT2D eigenvalue weighted by molar-refractivity contribution is 7.22. The van der Waals surface area contributed by atoms with E-state index in [1.54, 1.807) is 19.1 Å². The molecule has 0 fully saturated rings. The lowest BCUT2D eigenvalue weighted by atomic mass is 10.1. The SMILES string of the molecule is Cc1cc(-c2nc3c(F)cc4c(c3s2)OC(CNC(=O)O)CO4)c2ncc(OC(F)F)nc2c1. The molecule has 3 heterocycles. The maximum Gasteiger partial charge on any atom is 0.404 e. The summed E-state index contributed by atoms with van der Waals surface area (Å²) in [5, 5.41) is 11.5. The highest BCUT2D eigenvalue weighted by Crippen LogP contribution is 2.45. The van der Waals surface area contributed by atoms with Crippen LogP contribution in [0.1, 0.15) is 5.56 Å². The number of aryl methyl sites for hydroxylation is 1. The normalized spacial score (nSPS) is 15.1. The van der Waals surface area contributed by atoms with Gasteiger partial charge in [0.25, 0.3) is 0 Å². The predicted molar refractivity (Wildman–Crippen MR) is 115 cm³/mol. The van der Waals surface area contributed by atoms with Gasteiger partial charge in [-0.3, -0.25) is 0 Å². The van der Waals surface area contributed by atoms with Gasteiger partial charge < -0.3 is 24.6 Å². The van der Waals surface area contributed by atoms with Gasteiger partial charge in [-0.05, 0) is 24.6 Å². The van der Waals surface area contributed by atoms with E-state index in [2.05, 4.69) is 25.0 Å². The number of halogens is 3. The second-order valence-corrected chi connectivity index (χ2v) is 8.39. The van der Waals surface area contributed by atoms with E-state index in [0.717, 1.165) is 23.1 Å². The van der Waals surface area contributed by atoms with Crippen molar-refractivity contribution < 1.29 is 37.3 Å². The third kappa shape index (κ3) is 4.09. The summed E-state index contributed by atoms with van der Waals surface area (Å²) in [6, 6.07) is 4.62. The van der Waals surface area contributed by atoms with Crippen molar-refractivity contribution in [3.05, 3.63) is 35.8 Å². The first kappa shape index (κ1) is 21.9. The third-order valence-corrected chi connectivity index (χ3v) is 6.03. The van der Waals surface area contributed by atoms with Crippen LogP contribution < -0.4 is 19.5 Å². The molecule has 1 aliphatic heterocycles. The van der Waals surface area contributed by atoms with Crippen molar-refractivity contribution in [2.24, 2.45) is 0 Å². The maximum absolute atomic E-state index is 14.8. The molecule has 1 atom stereocenters. The molecular formula is C21H15F3N4O5S. The molecule has 2 aromatic heterocycles. The monoisotopic (exact) mass is 492 g/mol. The number of ether oxygens (including phenoxy) is 3. The van der Waals surface area contributed by atoms with Gasteiger partial charge >= 0.3 is 12.7 Å². The van der Waals surface area contributed by atoms with Crippen molar-refractivity contribution in [2.75, 3.05) is 13.2 Å². The highest BCUT2D eigenvalue weighted by atomic mass is 32.1. The van der Waals surface area contributed by atoms with Gasteiger partial charge in [-0.1, -0.05) is 0 Å². The Morgan fingerprint density at radius 3 is 2.91 bits per heavy atom. The van der Waals surface area contributed by atoms with Crippen molar-refractivity contribution in [1.29, 1.82) is 0 Å². The van der Waals surface area contributed by atoms with Crippen LogP contribution in [0.3, 0.4) is 0 Å². The summed E-state index contributed by atoms with van der Waals surface area (Å²) < 4.78 is 56.2. The van der Waals surface area contributed by atoms with Crippen LogP contribution in [0.5, 0.6) is 17.4 Å². The van der Waals surface area contributed by atoms with Gasteiger partial charge in [0.2, 0.25) is 5.88 Å². The first-order valence-corrected chi connectivity index (χ1v) is 10.7. The molecule has 13 heteroatoms. The van der Waals surface area contributed by atoms with Crippen LogP contribution in [0.25, 0.3) is 31.8 Å². The van der Waals surface area contributed by atoms with Gasteiger partial charge in [-0.15, -0.1) is 11.3 Å². The zero-order valence-corrected chi connectivity index (χ0v) is 18.2. The fourth-order valence-electron chi connectivity index (χ4n) is 3.57. The average molecular weight is 492 g/mol. The summed E-state index contributed by atoms with van der Waals surface area (Å²) in [7, 11) is 0. The molecular weight excluding hydrogens is 477 g/mol. The highest BCUT2D eigenvalue weighted by Gasteiger charge is 2.28. The van der Waals surface area contributed by atoms with Crippen molar-refractivity contribution >= 4 is 38.7 Å². The van der Waals surface area contributed by atoms with Gasteiger partial charge in [0.15, 0.2) is 23.4 Å². The number of fused-ring (bicyclic) bond motifs is 4. The number of benzene rings is 2. The smallest absolute Gasteiger partial charge is 0.404 e. The number of nitrogens with zero attached hydrogens (tertiary/aromatic N) is 3. The van der Waals surface area contributed by atoms with Crippen LogP contribution in [0, 0.1) is 12.7 Å². The molecule has 176 valence electrons. The van der Waals surface area contributed by atoms with Crippen LogP contribution in [-0.2, 0) is 0 Å². The van der Waals surface area contributed by atoms with Gasteiger partial charge in [0, 0.05) is 11.6 Å². The number of rotatable bonds is 5. The Morgan fingerprint density at radius 2 is 2.15 bits per heavy atom. The van der Waals surface area contributed by atoms with Crippen LogP contribution in [-0.4, -0.2) is 52.0 Å².